The Bertz CT molecular complexity index is 2480. The number of rotatable bonds is 20. The summed E-state index contributed by atoms with van der Waals surface area (Å²) in [7, 11) is 0. The molecule has 0 fully saturated rings. The molecule has 420 valence electrons. The molecule has 3 aromatic rings. The average molecular weight is 1050 g/mol. The summed E-state index contributed by atoms with van der Waals surface area (Å²) in [5, 5.41) is 36.0. The predicted molar refractivity (Wildman–Crippen MR) is 301 cm³/mol. The number of esters is 4. The molecule has 0 saturated carbocycles. The lowest BCUT2D eigenvalue weighted by atomic mass is 9.46. The first kappa shape index (κ1) is 63.3. The number of aromatic hydroxyl groups is 1. The van der Waals surface area contributed by atoms with Crippen molar-refractivity contribution in [1.29, 1.82) is 0 Å². The zero-order chi connectivity index (χ0) is 57.5. The van der Waals surface area contributed by atoms with Crippen LogP contribution in [0.3, 0.4) is 0 Å². The summed E-state index contributed by atoms with van der Waals surface area (Å²) in [6.07, 6.45) is 3.77. The Kier molecular flexibility index (Phi) is 20.1. The lowest BCUT2D eigenvalue weighted by molar-refractivity contribution is -0.269. The van der Waals surface area contributed by atoms with Gasteiger partial charge in [-0.3, -0.25) is 19.2 Å². The number of allylic oxidation sites excluding steroid dienone is 2. The Labute approximate surface area is 456 Å². The maximum Gasteiger partial charge on any atom is 0.306 e. The van der Waals surface area contributed by atoms with Crippen LogP contribution in [0.15, 0.2) is 96.1 Å². The lowest BCUT2D eigenvalue weighted by Gasteiger charge is -2.61. The fraction of sp³-hybridized carbons (Fsp3) is 0.600. The van der Waals surface area contributed by atoms with Crippen molar-refractivity contribution in [3.8, 4) is 5.75 Å². The molecule has 0 aromatic heterocycles. The average Bonchev–Trinajstić information content (AvgIpc) is 3.29. The van der Waals surface area contributed by atoms with E-state index in [-0.39, 0.29) is 48.7 Å². The molecule has 0 radical (unpaired) electrons. The summed E-state index contributed by atoms with van der Waals surface area (Å²) in [5.41, 5.74) is -0.979. The van der Waals surface area contributed by atoms with E-state index in [4.69, 9.17) is 18.9 Å². The summed E-state index contributed by atoms with van der Waals surface area (Å²) in [4.78, 5) is 56.4. The van der Waals surface area contributed by atoms with Gasteiger partial charge in [0.05, 0.1) is 5.41 Å². The number of carbonyl (C=O) groups is 4. The summed E-state index contributed by atoms with van der Waals surface area (Å²) in [6, 6.07) is 22.9. The van der Waals surface area contributed by atoms with Crippen LogP contribution in [0.1, 0.15) is 185 Å². The van der Waals surface area contributed by atoms with Crippen molar-refractivity contribution < 1.29 is 53.4 Å². The molecular weight excluding hydrogens is 957 g/mol. The standard InChI is InChI=1S/C65H94O11/c1-57(2,3)48-37-46(38-49(55(48)70)58(4,5)6)31-34-52(67)74-42-63(41-73-51(66)33-29-44-25-21-19-22-26-44,56(60(10,11)12)76-54(69)36-30-45-27-23-20-24-28-45)43-75-53(68)35-32-47-39-50(59(7,8)9)65(71,72)64(40-47,61(13,14)15)62(16,17)18/h19-28,37-40,56,70-72H,29-36,41-43H2,1-18H3. The van der Waals surface area contributed by atoms with E-state index in [0.717, 1.165) is 33.4 Å². The Morgan fingerprint density at radius 3 is 1.22 bits per heavy atom. The quantitative estimate of drug-likeness (QED) is 0.0560. The van der Waals surface area contributed by atoms with E-state index in [2.05, 4.69) is 0 Å². The number of benzene rings is 3. The molecule has 1 aliphatic carbocycles. The third-order valence-electron chi connectivity index (χ3n) is 14.9. The molecule has 3 aromatic carbocycles. The van der Waals surface area contributed by atoms with Crippen molar-refractivity contribution in [2.45, 2.75) is 199 Å². The zero-order valence-corrected chi connectivity index (χ0v) is 49.5. The van der Waals surface area contributed by atoms with E-state index < -0.39 is 88.1 Å². The highest BCUT2D eigenvalue weighted by Crippen LogP contribution is 2.64. The predicted octanol–water partition coefficient (Wildman–Crippen LogP) is 13.2. The minimum Gasteiger partial charge on any atom is -0.507 e. The first-order chi connectivity index (χ1) is 34.7. The molecule has 0 aliphatic heterocycles. The number of carbonyl (C=O) groups excluding carboxylic acids is 4. The normalized spacial score (nSPS) is 16.4. The van der Waals surface area contributed by atoms with E-state index in [1.807, 2.05) is 203 Å². The first-order valence-electron chi connectivity index (χ1n) is 27.3. The molecule has 76 heavy (non-hydrogen) atoms. The molecule has 0 saturated heterocycles. The molecule has 11 heteroatoms. The van der Waals surface area contributed by atoms with E-state index in [9.17, 15) is 34.5 Å². The summed E-state index contributed by atoms with van der Waals surface area (Å²) in [5.74, 6) is -4.25. The molecule has 4 rings (SSSR count). The second-order valence-corrected chi connectivity index (χ2v) is 27.6. The van der Waals surface area contributed by atoms with Gasteiger partial charge in [0.2, 0.25) is 0 Å². The Hall–Kier alpha value is -5.26. The first-order valence-corrected chi connectivity index (χ1v) is 27.3. The van der Waals surface area contributed by atoms with E-state index in [1.165, 1.54) is 0 Å². The van der Waals surface area contributed by atoms with Crippen LogP contribution in [-0.4, -0.2) is 70.9 Å². The van der Waals surface area contributed by atoms with Crippen molar-refractivity contribution in [3.63, 3.8) is 0 Å². The van der Waals surface area contributed by atoms with Gasteiger partial charge in [0.15, 0.2) is 5.79 Å². The second-order valence-electron chi connectivity index (χ2n) is 27.6. The SMILES string of the molecule is CC(C)(C)C1=CC(CCC(=O)OCC(COC(=O)CCc2ccccc2)(COC(=O)CCc2cc(C(C)(C)C)c(O)c(C(C)(C)C)c2)C(OC(=O)CCc2ccccc2)C(C)(C)C)=CC(C(C)(C)C)(C(C)(C)C)C1(O)O. The molecule has 3 N–H and O–H groups in total. The molecule has 0 bridgehead atoms. The minimum atomic E-state index is -2.23. The smallest absolute Gasteiger partial charge is 0.306 e. The summed E-state index contributed by atoms with van der Waals surface area (Å²) in [6.45, 7) is 34.3. The highest BCUT2D eigenvalue weighted by molar-refractivity contribution is 5.72. The van der Waals surface area contributed by atoms with Crippen LogP contribution in [0.5, 0.6) is 5.75 Å². The van der Waals surface area contributed by atoms with Gasteiger partial charge in [0.1, 0.15) is 37.1 Å². The Morgan fingerprint density at radius 1 is 0.500 bits per heavy atom. The largest absolute Gasteiger partial charge is 0.507 e. The molecule has 2 unspecified atom stereocenters. The van der Waals surface area contributed by atoms with Gasteiger partial charge in [-0.25, -0.2) is 0 Å². The van der Waals surface area contributed by atoms with Crippen molar-refractivity contribution >= 4 is 23.9 Å². The van der Waals surface area contributed by atoms with Crippen LogP contribution in [0.2, 0.25) is 0 Å². The van der Waals surface area contributed by atoms with Gasteiger partial charge in [0.25, 0.3) is 0 Å². The van der Waals surface area contributed by atoms with Crippen molar-refractivity contribution in [2.75, 3.05) is 19.8 Å². The summed E-state index contributed by atoms with van der Waals surface area (Å²) < 4.78 is 25.0. The van der Waals surface area contributed by atoms with Crippen LogP contribution in [-0.2, 0) is 68.2 Å². The van der Waals surface area contributed by atoms with E-state index in [1.54, 1.807) is 6.08 Å². The molecule has 0 spiro atoms. The van der Waals surface area contributed by atoms with Crippen LogP contribution >= 0.6 is 0 Å². The fourth-order valence-corrected chi connectivity index (χ4v) is 11.3. The van der Waals surface area contributed by atoms with Gasteiger partial charge in [-0.1, -0.05) is 215 Å². The number of ether oxygens (including phenoxy) is 4. The second kappa shape index (κ2) is 24.2. The highest BCUT2D eigenvalue weighted by Gasteiger charge is 2.65. The Balaban J connectivity index is 1.77. The van der Waals surface area contributed by atoms with Gasteiger partial charge in [0, 0.05) is 25.7 Å². The van der Waals surface area contributed by atoms with Gasteiger partial charge in [-0.2, -0.15) is 0 Å². The monoisotopic (exact) mass is 1050 g/mol. The number of hydrogen-bond acceptors (Lipinski definition) is 11. The molecule has 0 amide bonds. The van der Waals surface area contributed by atoms with Crippen molar-refractivity contribution in [3.05, 3.63) is 124 Å². The third kappa shape index (κ3) is 15.9. The van der Waals surface area contributed by atoms with E-state index in [0.29, 0.717) is 24.8 Å². The van der Waals surface area contributed by atoms with Gasteiger partial charge >= 0.3 is 23.9 Å². The molecular formula is C65H94O11. The fourth-order valence-electron chi connectivity index (χ4n) is 11.3. The van der Waals surface area contributed by atoms with Gasteiger partial charge in [-0.05, 0) is 91.6 Å². The molecule has 11 nitrogen and oxygen atoms in total. The third-order valence-corrected chi connectivity index (χ3v) is 14.9. The van der Waals surface area contributed by atoms with Crippen LogP contribution in [0.25, 0.3) is 0 Å². The number of phenols is 1. The van der Waals surface area contributed by atoms with Gasteiger partial charge < -0.3 is 34.3 Å². The minimum absolute atomic E-state index is 0.0234. The number of aliphatic hydroxyl groups is 2. The number of phenolic OH excluding ortho intramolecular Hbond substituents is 1. The maximum absolute atomic E-state index is 14.4. The van der Waals surface area contributed by atoms with Crippen LogP contribution in [0.4, 0.5) is 0 Å². The highest BCUT2D eigenvalue weighted by atomic mass is 16.6. The van der Waals surface area contributed by atoms with E-state index >= 15 is 0 Å². The topological polar surface area (TPSA) is 166 Å². The van der Waals surface area contributed by atoms with Crippen LogP contribution < -0.4 is 0 Å². The molecule has 0 heterocycles. The van der Waals surface area contributed by atoms with Crippen LogP contribution in [0, 0.1) is 32.5 Å². The number of hydrogen-bond donors (Lipinski definition) is 3. The zero-order valence-electron chi connectivity index (χ0n) is 49.5. The molecule has 1 aliphatic rings. The van der Waals surface area contributed by atoms with Crippen molar-refractivity contribution in [1.82, 2.24) is 0 Å². The Morgan fingerprint density at radius 2 is 0.868 bits per heavy atom. The molecule has 2 atom stereocenters. The van der Waals surface area contributed by atoms with Gasteiger partial charge in [-0.15, -0.1) is 0 Å². The number of aryl methyl sites for hydroxylation is 3. The maximum atomic E-state index is 14.4. The van der Waals surface area contributed by atoms with Crippen molar-refractivity contribution in [2.24, 2.45) is 32.5 Å². The summed E-state index contributed by atoms with van der Waals surface area (Å²) >= 11 is 0. The lowest BCUT2D eigenvalue weighted by Crippen LogP contribution is -2.64.